The minimum atomic E-state index is -4.13. The van der Waals surface area contributed by atoms with Crippen molar-refractivity contribution in [3.05, 3.63) is 90.3 Å². The average molecular weight is 584 g/mol. The van der Waals surface area contributed by atoms with Gasteiger partial charge in [-0.1, -0.05) is 30.3 Å². The van der Waals surface area contributed by atoms with Crippen LogP contribution in [0.5, 0.6) is 5.75 Å². The van der Waals surface area contributed by atoms with E-state index >= 15 is 0 Å². The van der Waals surface area contributed by atoms with Gasteiger partial charge in [0.25, 0.3) is 5.91 Å². The smallest absolute Gasteiger partial charge is 0.265 e. The zero-order valence-electron chi connectivity index (χ0n) is 20.9. The molecular weight excluding hydrogens is 551 g/mol. The average Bonchev–Trinajstić information content (AvgIpc) is 2.93. The van der Waals surface area contributed by atoms with Crippen LogP contribution in [0, 0.1) is 0 Å². The number of nitrogens with one attached hydrogen (secondary N) is 1. The fourth-order valence-corrected chi connectivity index (χ4v) is 6.39. The fourth-order valence-electron chi connectivity index (χ4n) is 4.61. The Balaban J connectivity index is 0.00000253. The highest BCUT2D eigenvalue weighted by molar-refractivity contribution is 7.89. The topological polar surface area (TPSA) is 112 Å². The van der Waals surface area contributed by atoms with E-state index < -0.39 is 21.5 Å². The van der Waals surface area contributed by atoms with Gasteiger partial charge in [-0.15, -0.1) is 24.8 Å². The van der Waals surface area contributed by atoms with E-state index in [1.807, 2.05) is 42.5 Å². The molecule has 0 atom stereocenters. The third-order valence-corrected chi connectivity index (χ3v) is 8.58. The summed E-state index contributed by atoms with van der Waals surface area (Å²) < 4.78 is 34.5. The van der Waals surface area contributed by atoms with Crippen LogP contribution >= 0.6 is 24.8 Å². The lowest BCUT2D eigenvalue weighted by molar-refractivity contribution is -0.142. The van der Waals surface area contributed by atoms with E-state index in [2.05, 4.69) is 9.88 Å². The Labute approximate surface area is 235 Å². The highest BCUT2D eigenvalue weighted by atomic mass is 35.5. The van der Waals surface area contributed by atoms with Crippen molar-refractivity contribution in [2.75, 3.05) is 20.2 Å². The van der Waals surface area contributed by atoms with Gasteiger partial charge in [0, 0.05) is 38.6 Å². The van der Waals surface area contributed by atoms with Crippen molar-refractivity contribution < 1.29 is 23.2 Å². The van der Waals surface area contributed by atoms with E-state index in [0.29, 0.717) is 25.4 Å². The molecule has 1 saturated heterocycles. The lowest BCUT2D eigenvalue weighted by atomic mass is 9.86. The van der Waals surface area contributed by atoms with E-state index in [9.17, 15) is 18.4 Å². The van der Waals surface area contributed by atoms with Gasteiger partial charge in [0.05, 0.1) is 12.0 Å². The van der Waals surface area contributed by atoms with E-state index in [-0.39, 0.29) is 49.1 Å². The number of likely N-dealkylation sites (tertiary alicyclic amines) is 1. The monoisotopic (exact) mass is 582 g/mol. The highest BCUT2D eigenvalue weighted by Crippen LogP contribution is 2.36. The van der Waals surface area contributed by atoms with Crippen LogP contribution in [-0.2, 0) is 27.9 Å². The van der Waals surface area contributed by atoms with Gasteiger partial charge in [0.15, 0.2) is 0 Å². The maximum absolute atomic E-state index is 14.0. The lowest BCUT2D eigenvalue weighted by Crippen LogP contribution is -2.63. The number of carbonyl (C=O) groups excluding carboxylic acids is 1. The number of amides is 1. The number of pyridine rings is 1. The van der Waals surface area contributed by atoms with Crippen LogP contribution in [0.2, 0.25) is 0 Å². The van der Waals surface area contributed by atoms with E-state index in [1.165, 1.54) is 23.5 Å². The summed E-state index contributed by atoms with van der Waals surface area (Å²) in [6.07, 6.45) is 3.89. The molecule has 12 heteroatoms. The standard InChI is InChI=1S/C26H30N4O5S.2ClH/c1-35-23-7-9-24(10-8-23)36(33,34)30(20-21-5-3-2-4-6-21)26(25(31)28-32)13-17-29(18-14-26)19-22-11-15-27-16-12-22;;/h2-12,15-16,32H,13-14,17-20H2,1H3,(H,28,31);2*1H. The number of sulfonamides is 1. The Bertz CT molecular complexity index is 1260. The molecule has 2 aromatic carbocycles. The van der Waals surface area contributed by atoms with Crippen LogP contribution in [0.25, 0.3) is 0 Å². The Morgan fingerprint density at radius 1 is 1.00 bits per heavy atom. The minimum Gasteiger partial charge on any atom is -0.497 e. The lowest BCUT2D eigenvalue weighted by Gasteiger charge is -2.46. The van der Waals surface area contributed by atoms with Crippen molar-refractivity contribution >= 4 is 40.7 Å². The Morgan fingerprint density at radius 3 is 2.16 bits per heavy atom. The molecule has 3 aromatic rings. The van der Waals surface area contributed by atoms with Crippen molar-refractivity contribution in [3.8, 4) is 5.75 Å². The van der Waals surface area contributed by atoms with Crippen LogP contribution in [0.3, 0.4) is 0 Å². The quantitative estimate of drug-likeness (QED) is 0.292. The van der Waals surface area contributed by atoms with Gasteiger partial charge < -0.3 is 4.74 Å². The maximum atomic E-state index is 14.0. The first-order chi connectivity index (χ1) is 17.4. The number of ether oxygens (including phenoxy) is 1. The van der Waals surface area contributed by atoms with Gasteiger partial charge in [-0.2, -0.15) is 4.31 Å². The van der Waals surface area contributed by atoms with Crippen LogP contribution < -0.4 is 10.2 Å². The highest BCUT2D eigenvalue weighted by Gasteiger charge is 2.51. The second-order valence-corrected chi connectivity index (χ2v) is 10.6. The van der Waals surface area contributed by atoms with Crippen LogP contribution in [0.4, 0.5) is 0 Å². The second kappa shape index (κ2) is 13.9. The van der Waals surface area contributed by atoms with Crippen molar-refractivity contribution in [3.63, 3.8) is 0 Å². The van der Waals surface area contributed by atoms with E-state index in [4.69, 9.17) is 4.74 Å². The summed E-state index contributed by atoms with van der Waals surface area (Å²) in [5, 5.41) is 9.71. The summed E-state index contributed by atoms with van der Waals surface area (Å²) in [5.74, 6) is -0.213. The number of hydrogen-bond donors (Lipinski definition) is 2. The molecule has 1 fully saturated rings. The molecule has 0 unspecified atom stereocenters. The van der Waals surface area contributed by atoms with Gasteiger partial charge in [-0.3, -0.25) is 19.9 Å². The van der Waals surface area contributed by atoms with Crippen LogP contribution in [0.15, 0.2) is 84.0 Å². The summed E-state index contributed by atoms with van der Waals surface area (Å²) in [5.41, 5.74) is 2.10. The first-order valence-electron chi connectivity index (χ1n) is 11.7. The van der Waals surface area contributed by atoms with Gasteiger partial charge in [-0.05, 0) is 60.4 Å². The Morgan fingerprint density at radius 2 is 1.61 bits per heavy atom. The minimum absolute atomic E-state index is 0. The summed E-state index contributed by atoms with van der Waals surface area (Å²) in [4.78, 5) is 19.5. The molecule has 1 amide bonds. The number of hydroxylamine groups is 1. The second-order valence-electron chi connectivity index (χ2n) is 8.78. The maximum Gasteiger partial charge on any atom is 0.265 e. The number of methoxy groups -OCH3 is 1. The Kier molecular flexibility index (Phi) is 11.5. The van der Waals surface area contributed by atoms with Crippen molar-refractivity contribution in [1.82, 2.24) is 19.7 Å². The number of rotatable bonds is 9. The van der Waals surface area contributed by atoms with Crippen LogP contribution in [-0.4, -0.2) is 59.5 Å². The van der Waals surface area contributed by atoms with Gasteiger partial charge >= 0.3 is 0 Å². The fraction of sp³-hybridized carbons (Fsp3) is 0.308. The molecule has 4 rings (SSSR count). The first kappa shape index (κ1) is 31.5. The predicted octanol–water partition coefficient (Wildman–Crippen LogP) is 3.66. The molecule has 1 aliphatic heterocycles. The number of piperidine rings is 1. The SMILES string of the molecule is COc1ccc(S(=O)(=O)N(Cc2ccccc2)C2(C(=O)NO)CCN(Cc3ccncc3)CC2)cc1.Cl.Cl. The number of halogens is 2. The third kappa shape index (κ3) is 6.82. The first-order valence-corrected chi connectivity index (χ1v) is 13.1. The molecule has 38 heavy (non-hydrogen) atoms. The molecule has 0 radical (unpaired) electrons. The molecule has 0 bridgehead atoms. The molecule has 0 saturated carbocycles. The molecule has 2 heterocycles. The summed E-state index contributed by atoms with van der Waals surface area (Å²) in [6.45, 7) is 1.58. The number of hydrogen-bond acceptors (Lipinski definition) is 7. The Hall–Kier alpha value is -2.73. The molecule has 0 aliphatic carbocycles. The molecule has 206 valence electrons. The van der Waals surface area contributed by atoms with Crippen molar-refractivity contribution in [1.29, 1.82) is 0 Å². The van der Waals surface area contributed by atoms with Gasteiger partial charge in [0.1, 0.15) is 11.3 Å². The zero-order valence-corrected chi connectivity index (χ0v) is 23.3. The van der Waals surface area contributed by atoms with Gasteiger partial charge in [-0.25, -0.2) is 13.9 Å². The molecule has 2 N–H and O–H groups in total. The summed E-state index contributed by atoms with van der Waals surface area (Å²) in [7, 11) is -2.63. The molecule has 1 aromatic heterocycles. The van der Waals surface area contributed by atoms with E-state index in [1.54, 1.807) is 30.0 Å². The molecule has 1 aliphatic rings. The van der Waals surface area contributed by atoms with Crippen molar-refractivity contribution in [2.45, 2.75) is 36.4 Å². The zero-order chi connectivity index (χ0) is 25.6. The molecule has 0 spiro atoms. The number of benzene rings is 2. The van der Waals surface area contributed by atoms with E-state index in [0.717, 1.165) is 11.1 Å². The summed E-state index contributed by atoms with van der Waals surface area (Å²) in [6, 6.07) is 19.1. The third-order valence-electron chi connectivity index (χ3n) is 6.66. The number of aromatic nitrogens is 1. The normalized spacial score (nSPS) is 15.1. The largest absolute Gasteiger partial charge is 0.497 e. The van der Waals surface area contributed by atoms with Crippen molar-refractivity contribution in [2.24, 2.45) is 0 Å². The molecule has 9 nitrogen and oxygen atoms in total. The number of carbonyl (C=O) groups is 1. The van der Waals surface area contributed by atoms with Gasteiger partial charge in [0.2, 0.25) is 10.0 Å². The molecular formula is C26H32Cl2N4O5S. The summed E-state index contributed by atoms with van der Waals surface area (Å²) >= 11 is 0. The predicted molar refractivity (Wildman–Crippen MR) is 148 cm³/mol. The van der Waals surface area contributed by atoms with Crippen LogP contribution in [0.1, 0.15) is 24.0 Å². The number of nitrogens with zero attached hydrogens (tertiary/aromatic N) is 3.